The summed E-state index contributed by atoms with van der Waals surface area (Å²) in [6.07, 6.45) is 4.72. The summed E-state index contributed by atoms with van der Waals surface area (Å²) in [5.74, 6) is 0.345. The summed E-state index contributed by atoms with van der Waals surface area (Å²) >= 11 is 0. The van der Waals surface area contributed by atoms with Gasteiger partial charge in [0.2, 0.25) is 0 Å². The lowest BCUT2D eigenvalue weighted by atomic mass is 10.1. The van der Waals surface area contributed by atoms with Gasteiger partial charge in [0.25, 0.3) is 0 Å². The maximum Gasteiger partial charge on any atom is 0.115 e. The summed E-state index contributed by atoms with van der Waals surface area (Å²) in [5, 5.41) is 12.7. The zero-order valence-electron chi connectivity index (χ0n) is 10.4. The van der Waals surface area contributed by atoms with Gasteiger partial charge in [0.1, 0.15) is 5.75 Å². The molecule has 0 heterocycles. The van der Waals surface area contributed by atoms with Crippen LogP contribution in [-0.4, -0.2) is 17.7 Å². The Balaban J connectivity index is 2.20. The molecule has 1 aromatic rings. The van der Waals surface area contributed by atoms with E-state index in [1.54, 1.807) is 12.1 Å². The van der Waals surface area contributed by atoms with Gasteiger partial charge in [-0.15, -0.1) is 0 Å². The number of rotatable bonds is 7. The van der Waals surface area contributed by atoms with E-state index in [9.17, 15) is 0 Å². The van der Waals surface area contributed by atoms with Gasteiger partial charge in [0, 0.05) is 6.04 Å². The molecule has 2 nitrogen and oxygen atoms in total. The summed E-state index contributed by atoms with van der Waals surface area (Å²) in [6, 6.07) is 8.07. The molecule has 90 valence electrons. The van der Waals surface area contributed by atoms with Crippen LogP contribution in [0.4, 0.5) is 0 Å². The Bertz CT molecular complexity index is 281. The number of hydrogen-bond donors (Lipinski definition) is 2. The van der Waals surface area contributed by atoms with Crippen LogP contribution in [0.2, 0.25) is 0 Å². The molecule has 0 aliphatic carbocycles. The predicted molar refractivity (Wildman–Crippen MR) is 68.8 cm³/mol. The normalized spacial score (nSPS) is 12.6. The molecule has 0 amide bonds. The zero-order valence-corrected chi connectivity index (χ0v) is 10.4. The van der Waals surface area contributed by atoms with Gasteiger partial charge in [-0.2, -0.15) is 0 Å². The summed E-state index contributed by atoms with van der Waals surface area (Å²) in [5.41, 5.74) is 1.29. The van der Waals surface area contributed by atoms with Crippen LogP contribution in [0.5, 0.6) is 5.75 Å². The minimum absolute atomic E-state index is 0.345. The molecule has 0 spiro atoms. The summed E-state index contributed by atoms with van der Waals surface area (Å²) in [4.78, 5) is 0. The first-order valence-corrected chi connectivity index (χ1v) is 6.23. The number of hydrogen-bond acceptors (Lipinski definition) is 2. The van der Waals surface area contributed by atoms with E-state index in [0.717, 1.165) is 19.4 Å². The quantitative estimate of drug-likeness (QED) is 0.693. The second kappa shape index (κ2) is 7.29. The molecule has 0 saturated carbocycles. The fourth-order valence-electron chi connectivity index (χ4n) is 1.67. The fraction of sp³-hybridized carbons (Fsp3) is 0.571. The van der Waals surface area contributed by atoms with Gasteiger partial charge >= 0.3 is 0 Å². The molecule has 2 N–H and O–H groups in total. The minimum Gasteiger partial charge on any atom is -0.508 e. The lowest BCUT2D eigenvalue weighted by Gasteiger charge is -2.13. The third kappa shape index (κ3) is 5.17. The molecule has 1 rings (SSSR count). The Kier molecular flexibility index (Phi) is 5.94. The second-order valence-electron chi connectivity index (χ2n) is 4.41. The average molecular weight is 221 g/mol. The van der Waals surface area contributed by atoms with E-state index in [0.29, 0.717) is 11.8 Å². The standard InChI is InChI=1S/C14H23NO/c1-3-4-11-15-12(2)5-6-13-7-9-14(16)10-8-13/h7-10,12,15-16H,3-6,11H2,1-2H3. The Morgan fingerprint density at radius 1 is 1.25 bits per heavy atom. The topological polar surface area (TPSA) is 32.3 Å². The summed E-state index contributed by atoms with van der Waals surface area (Å²) < 4.78 is 0. The van der Waals surface area contributed by atoms with Crippen molar-refractivity contribution in [2.75, 3.05) is 6.54 Å². The molecule has 0 aromatic heterocycles. The molecule has 0 aliphatic heterocycles. The number of aryl methyl sites for hydroxylation is 1. The van der Waals surface area contributed by atoms with Crippen LogP contribution in [0, 0.1) is 0 Å². The van der Waals surface area contributed by atoms with Crippen molar-refractivity contribution in [1.29, 1.82) is 0 Å². The molecule has 2 heteroatoms. The Morgan fingerprint density at radius 2 is 1.94 bits per heavy atom. The SMILES string of the molecule is CCCCNC(C)CCc1ccc(O)cc1. The predicted octanol–water partition coefficient (Wildman–Crippen LogP) is 3.10. The lowest BCUT2D eigenvalue weighted by Crippen LogP contribution is -2.27. The Labute approximate surface area is 98.7 Å². The molecular formula is C14H23NO. The molecule has 0 radical (unpaired) electrons. The lowest BCUT2D eigenvalue weighted by molar-refractivity contribution is 0.474. The van der Waals surface area contributed by atoms with Crippen LogP contribution in [0.15, 0.2) is 24.3 Å². The second-order valence-corrected chi connectivity index (χ2v) is 4.41. The van der Waals surface area contributed by atoms with Crippen molar-refractivity contribution in [3.63, 3.8) is 0 Å². The largest absolute Gasteiger partial charge is 0.508 e. The van der Waals surface area contributed by atoms with Crippen LogP contribution < -0.4 is 5.32 Å². The molecule has 16 heavy (non-hydrogen) atoms. The first kappa shape index (κ1) is 13.0. The van der Waals surface area contributed by atoms with Crippen molar-refractivity contribution in [3.05, 3.63) is 29.8 Å². The highest BCUT2D eigenvalue weighted by molar-refractivity contribution is 5.25. The van der Waals surface area contributed by atoms with E-state index in [1.807, 2.05) is 12.1 Å². The van der Waals surface area contributed by atoms with Gasteiger partial charge < -0.3 is 10.4 Å². The van der Waals surface area contributed by atoms with Crippen LogP contribution >= 0.6 is 0 Å². The first-order chi connectivity index (χ1) is 7.72. The number of phenolic OH excluding ortho intramolecular Hbond substituents is 1. The first-order valence-electron chi connectivity index (χ1n) is 6.23. The van der Waals surface area contributed by atoms with Gasteiger partial charge in [-0.3, -0.25) is 0 Å². The van der Waals surface area contributed by atoms with E-state index in [1.165, 1.54) is 18.4 Å². The highest BCUT2D eigenvalue weighted by atomic mass is 16.3. The van der Waals surface area contributed by atoms with E-state index in [4.69, 9.17) is 5.11 Å². The molecule has 0 saturated heterocycles. The van der Waals surface area contributed by atoms with Crippen LogP contribution in [0.3, 0.4) is 0 Å². The van der Waals surface area contributed by atoms with E-state index >= 15 is 0 Å². The Hall–Kier alpha value is -1.02. The van der Waals surface area contributed by atoms with E-state index in [2.05, 4.69) is 19.2 Å². The molecule has 1 aromatic carbocycles. The number of nitrogens with one attached hydrogen (secondary N) is 1. The molecule has 0 bridgehead atoms. The number of benzene rings is 1. The average Bonchev–Trinajstić information content (AvgIpc) is 2.29. The maximum absolute atomic E-state index is 9.17. The van der Waals surface area contributed by atoms with Gasteiger partial charge in [0.15, 0.2) is 0 Å². The van der Waals surface area contributed by atoms with Crippen molar-refractivity contribution in [3.8, 4) is 5.75 Å². The van der Waals surface area contributed by atoms with Crippen molar-refractivity contribution in [1.82, 2.24) is 5.32 Å². The monoisotopic (exact) mass is 221 g/mol. The number of unbranched alkanes of at least 4 members (excludes halogenated alkanes) is 1. The molecule has 1 atom stereocenters. The van der Waals surface area contributed by atoms with Gasteiger partial charge in [-0.25, -0.2) is 0 Å². The molecule has 0 fully saturated rings. The molecule has 1 unspecified atom stereocenters. The van der Waals surface area contributed by atoms with Crippen molar-refractivity contribution in [2.24, 2.45) is 0 Å². The van der Waals surface area contributed by atoms with Crippen LogP contribution in [-0.2, 0) is 6.42 Å². The smallest absolute Gasteiger partial charge is 0.115 e. The fourth-order valence-corrected chi connectivity index (χ4v) is 1.67. The van der Waals surface area contributed by atoms with Gasteiger partial charge in [-0.1, -0.05) is 25.5 Å². The maximum atomic E-state index is 9.17. The molecule has 0 aliphatic rings. The highest BCUT2D eigenvalue weighted by Gasteiger charge is 2.01. The minimum atomic E-state index is 0.345. The van der Waals surface area contributed by atoms with Crippen molar-refractivity contribution >= 4 is 0 Å². The zero-order chi connectivity index (χ0) is 11.8. The van der Waals surface area contributed by atoms with Crippen molar-refractivity contribution in [2.45, 2.75) is 45.6 Å². The summed E-state index contributed by atoms with van der Waals surface area (Å²) in [7, 11) is 0. The summed E-state index contributed by atoms with van der Waals surface area (Å²) in [6.45, 7) is 5.56. The third-order valence-electron chi connectivity index (χ3n) is 2.83. The molecular weight excluding hydrogens is 198 g/mol. The number of aromatic hydroxyl groups is 1. The third-order valence-corrected chi connectivity index (χ3v) is 2.83. The Morgan fingerprint density at radius 3 is 2.56 bits per heavy atom. The van der Waals surface area contributed by atoms with E-state index in [-0.39, 0.29) is 0 Å². The van der Waals surface area contributed by atoms with Gasteiger partial charge in [-0.05, 0) is 50.4 Å². The van der Waals surface area contributed by atoms with Crippen LogP contribution in [0.1, 0.15) is 38.7 Å². The van der Waals surface area contributed by atoms with Crippen molar-refractivity contribution < 1.29 is 5.11 Å². The number of phenols is 1. The highest BCUT2D eigenvalue weighted by Crippen LogP contribution is 2.11. The van der Waals surface area contributed by atoms with E-state index < -0.39 is 0 Å². The van der Waals surface area contributed by atoms with Crippen LogP contribution in [0.25, 0.3) is 0 Å². The van der Waals surface area contributed by atoms with Gasteiger partial charge in [0.05, 0.1) is 0 Å².